The second kappa shape index (κ2) is 6.60. The van der Waals surface area contributed by atoms with Crippen molar-refractivity contribution in [2.75, 3.05) is 6.54 Å². The van der Waals surface area contributed by atoms with Crippen molar-refractivity contribution in [1.29, 1.82) is 0 Å². The number of carbonyl (C=O) groups excluding carboxylic acids is 1. The quantitative estimate of drug-likeness (QED) is 0.690. The van der Waals surface area contributed by atoms with Crippen molar-refractivity contribution in [3.8, 4) is 5.69 Å². The van der Waals surface area contributed by atoms with Gasteiger partial charge in [-0.25, -0.2) is 9.67 Å². The number of benzene rings is 1. The molecular weight excluding hydrogens is 298 g/mol. The molecule has 2 heterocycles. The van der Waals surface area contributed by atoms with Crippen LogP contribution in [0.15, 0.2) is 54.0 Å². The SMILES string of the molecule is O=C(NCCn1cnccc1=O)c1cccc(-n2cnnn2)c1. The van der Waals surface area contributed by atoms with Gasteiger partial charge in [-0.15, -0.1) is 5.10 Å². The van der Waals surface area contributed by atoms with E-state index >= 15 is 0 Å². The molecule has 0 aliphatic carbocycles. The molecule has 0 radical (unpaired) electrons. The summed E-state index contributed by atoms with van der Waals surface area (Å²) >= 11 is 0. The minimum atomic E-state index is -0.239. The topological polar surface area (TPSA) is 108 Å². The monoisotopic (exact) mass is 311 g/mol. The first kappa shape index (κ1) is 14.6. The lowest BCUT2D eigenvalue weighted by molar-refractivity contribution is 0.0952. The summed E-state index contributed by atoms with van der Waals surface area (Å²) in [5.41, 5.74) is 1.01. The summed E-state index contributed by atoms with van der Waals surface area (Å²) in [4.78, 5) is 27.6. The largest absolute Gasteiger partial charge is 0.350 e. The highest BCUT2D eigenvalue weighted by atomic mass is 16.1. The third kappa shape index (κ3) is 3.46. The van der Waals surface area contributed by atoms with Gasteiger partial charge in [0.15, 0.2) is 0 Å². The Labute approximate surface area is 130 Å². The van der Waals surface area contributed by atoms with Gasteiger partial charge in [0.05, 0.1) is 12.0 Å². The normalized spacial score (nSPS) is 10.4. The van der Waals surface area contributed by atoms with Gasteiger partial charge in [0.2, 0.25) is 0 Å². The van der Waals surface area contributed by atoms with Gasteiger partial charge in [-0.05, 0) is 28.6 Å². The first-order valence-electron chi connectivity index (χ1n) is 6.86. The molecule has 0 fully saturated rings. The number of carbonyl (C=O) groups is 1. The number of hydrogen-bond donors (Lipinski definition) is 1. The molecule has 1 aromatic carbocycles. The molecule has 0 saturated heterocycles. The second-order valence-corrected chi connectivity index (χ2v) is 4.67. The zero-order valence-electron chi connectivity index (χ0n) is 12.0. The first-order valence-corrected chi connectivity index (χ1v) is 6.86. The third-order valence-corrected chi connectivity index (χ3v) is 3.15. The molecule has 23 heavy (non-hydrogen) atoms. The van der Waals surface area contributed by atoms with E-state index in [0.717, 1.165) is 0 Å². The highest BCUT2D eigenvalue weighted by Crippen LogP contribution is 2.08. The van der Waals surface area contributed by atoms with E-state index in [0.29, 0.717) is 24.3 Å². The lowest BCUT2D eigenvalue weighted by atomic mass is 10.2. The van der Waals surface area contributed by atoms with Crippen LogP contribution in [0.3, 0.4) is 0 Å². The third-order valence-electron chi connectivity index (χ3n) is 3.15. The van der Waals surface area contributed by atoms with Crippen LogP contribution in [0.4, 0.5) is 0 Å². The Morgan fingerprint density at radius 3 is 2.91 bits per heavy atom. The zero-order valence-corrected chi connectivity index (χ0v) is 12.0. The molecule has 0 bridgehead atoms. The van der Waals surface area contributed by atoms with Crippen LogP contribution in [0.5, 0.6) is 0 Å². The molecular formula is C14H13N7O2. The van der Waals surface area contributed by atoms with Gasteiger partial charge >= 0.3 is 0 Å². The van der Waals surface area contributed by atoms with Crippen LogP contribution in [0.2, 0.25) is 0 Å². The summed E-state index contributed by atoms with van der Waals surface area (Å²) in [5, 5.41) is 13.7. The molecule has 0 atom stereocenters. The molecule has 9 nitrogen and oxygen atoms in total. The maximum absolute atomic E-state index is 12.2. The predicted molar refractivity (Wildman–Crippen MR) is 80.0 cm³/mol. The van der Waals surface area contributed by atoms with Gasteiger partial charge in [0.1, 0.15) is 6.33 Å². The van der Waals surface area contributed by atoms with Gasteiger partial charge in [-0.3, -0.25) is 14.2 Å². The van der Waals surface area contributed by atoms with Gasteiger partial charge < -0.3 is 5.32 Å². The van der Waals surface area contributed by atoms with E-state index < -0.39 is 0 Å². The van der Waals surface area contributed by atoms with Crippen molar-refractivity contribution >= 4 is 5.91 Å². The second-order valence-electron chi connectivity index (χ2n) is 4.67. The standard InChI is InChI=1S/C14H13N7O2/c22-13-4-5-15-9-20(13)7-6-16-14(23)11-2-1-3-12(8-11)21-10-17-18-19-21/h1-5,8-10H,6-7H2,(H,16,23). The van der Waals surface area contributed by atoms with Crippen molar-refractivity contribution in [3.05, 3.63) is 65.1 Å². The number of nitrogens with zero attached hydrogens (tertiary/aromatic N) is 6. The Bertz CT molecular complexity index is 857. The van der Waals surface area contributed by atoms with Crippen LogP contribution in [0.25, 0.3) is 5.69 Å². The van der Waals surface area contributed by atoms with Crippen LogP contribution < -0.4 is 10.9 Å². The fraction of sp³-hybridized carbons (Fsp3) is 0.143. The van der Waals surface area contributed by atoms with Crippen LogP contribution in [-0.4, -0.2) is 42.2 Å². The summed E-state index contributed by atoms with van der Waals surface area (Å²) < 4.78 is 2.89. The summed E-state index contributed by atoms with van der Waals surface area (Å²) in [6.45, 7) is 0.671. The van der Waals surface area contributed by atoms with Crippen LogP contribution >= 0.6 is 0 Å². The highest BCUT2D eigenvalue weighted by Gasteiger charge is 2.07. The number of aromatic nitrogens is 6. The summed E-state index contributed by atoms with van der Waals surface area (Å²) in [5.74, 6) is -0.239. The number of rotatable bonds is 5. The van der Waals surface area contributed by atoms with Crippen molar-refractivity contribution < 1.29 is 4.79 Å². The van der Waals surface area contributed by atoms with Crippen LogP contribution in [-0.2, 0) is 6.54 Å². The van der Waals surface area contributed by atoms with E-state index in [2.05, 4.69) is 25.8 Å². The number of tetrazole rings is 1. The average molecular weight is 311 g/mol. The van der Waals surface area contributed by atoms with Crippen LogP contribution in [0, 0.1) is 0 Å². The van der Waals surface area contributed by atoms with Crippen LogP contribution in [0.1, 0.15) is 10.4 Å². The highest BCUT2D eigenvalue weighted by molar-refractivity contribution is 5.94. The smallest absolute Gasteiger partial charge is 0.253 e. The summed E-state index contributed by atoms with van der Waals surface area (Å²) in [7, 11) is 0. The molecule has 9 heteroatoms. The van der Waals surface area contributed by atoms with E-state index in [1.807, 2.05) is 0 Å². The first-order chi connectivity index (χ1) is 11.2. The Morgan fingerprint density at radius 1 is 1.22 bits per heavy atom. The van der Waals surface area contributed by atoms with E-state index in [-0.39, 0.29) is 11.5 Å². The van der Waals surface area contributed by atoms with Gasteiger partial charge in [0.25, 0.3) is 11.5 Å². The van der Waals surface area contributed by atoms with Crippen molar-refractivity contribution in [2.24, 2.45) is 0 Å². The Balaban J connectivity index is 1.64. The van der Waals surface area contributed by atoms with Crippen molar-refractivity contribution in [1.82, 2.24) is 35.1 Å². The predicted octanol–water partition coefficient (Wildman–Crippen LogP) is -0.351. The van der Waals surface area contributed by atoms with E-state index in [1.54, 1.807) is 24.3 Å². The summed E-state index contributed by atoms with van der Waals surface area (Å²) in [6, 6.07) is 8.29. The molecule has 3 aromatic rings. The Morgan fingerprint density at radius 2 is 2.13 bits per heavy atom. The molecule has 1 N–H and O–H groups in total. The summed E-state index contributed by atoms with van der Waals surface area (Å²) in [6.07, 6.45) is 4.32. The van der Waals surface area contributed by atoms with Gasteiger partial charge in [0, 0.05) is 30.9 Å². The average Bonchev–Trinajstić information content (AvgIpc) is 3.11. The molecule has 0 spiro atoms. The van der Waals surface area contributed by atoms with E-state index in [4.69, 9.17) is 0 Å². The molecule has 3 rings (SSSR count). The number of amides is 1. The molecule has 1 amide bonds. The fourth-order valence-corrected chi connectivity index (χ4v) is 2.01. The van der Waals surface area contributed by atoms with E-state index in [1.165, 1.54) is 34.2 Å². The minimum absolute atomic E-state index is 0.157. The number of hydrogen-bond acceptors (Lipinski definition) is 6. The molecule has 0 aliphatic rings. The number of nitrogens with one attached hydrogen (secondary N) is 1. The lowest BCUT2D eigenvalue weighted by Crippen LogP contribution is -2.30. The molecule has 2 aromatic heterocycles. The Hall–Kier alpha value is -3.36. The molecule has 0 unspecified atom stereocenters. The lowest BCUT2D eigenvalue weighted by Gasteiger charge is -2.08. The fourth-order valence-electron chi connectivity index (χ4n) is 2.01. The van der Waals surface area contributed by atoms with Gasteiger partial charge in [-0.1, -0.05) is 6.07 Å². The van der Waals surface area contributed by atoms with Crippen molar-refractivity contribution in [3.63, 3.8) is 0 Å². The molecule has 116 valence electrons. The molecule has 0 saturated carbocycles. The van der Waals surface area contributed by atoms with Gasteiger partial charge in [-0.2, -0.15) is 0 Å². The Kier molecular flexibility index (Phi) is 4.18. The minimum Gasteiger partial charge on any atom is -0.350 e. The maximum atomic E-state index is 12.2. The molecule has 0 aliphatic heterocycles. The van der Waals surface area contributed by atoms with Crippen molar-refractivity contribution in [2.45, 2.75) is 6.54 Å². The maximum Gasteiger partial charge on any atom is 0.253 e. The van der Waals surface area contributed by atoms with E-state index in [9.17, 15) is 9.59 Å². The zero-order chi connectivity index (χ0) is 16.1.